The van der Waals surface area contributed by atoms with E-state index in [9.17, 15) is 0 Å². The Morgan fingerprint density at radius 1 is 1.07 bits per heavy atom. The zero-order chi connectivity index (χ0) is 18.5. The van der Waals surface area contributed by atoms with Crippen LogP contribution in [0.5, 0.6) is 0 Å². The molecule has 4 rings (SSSR count). The minimum Gasteiger partial charge on any atom is -0.379 e. The van der Waals surface area contributed by atoms with Crippen LogP contribution in [0.3, 0.4) is 0 Å². The van der Waals surface area contributed by atoms with Gasteiger partial charge in [0, 0.05) is 31.1 Å². The third-order valence-electron chi connectivity index (χ3n) is 4.77. The molecular formula is C21H23ClN4O. The smallest absolute Gasteiger partial charge is 0.107 e. The van der Waals surface area contributed by atoms with E-state index >= 15 is 0 Å². The molecular weight excluding hydrogens is 360 g/mol. The SMILES string of the molecule is Clc1ccc(C2=Nc3ccccc3NC(=NCCN3CCOCC3)C2)cc1. The number of amidine groups is 1. The highest BCUT2D eigenvalue weighted by Gasteiger charge is 2.16. The van der Waals surface area contributed by atoms with Gasteiger partial charge in [0.05, 0.1) is 36.8 Å². The second-order valence-corrected chi connectivity index (χ2v) is 7.10. The van der Waals surface area contributed by atoms with Crippen LogP contribution < -0.4 is 5.32 Å². The van der Waals surface area contributed by atoms with Gasteiger partial charge in [0.25, 0.3) is 0 Å². The number of morpholine rings is 1. The predicted molar refractivity (Wildman–Crippen MR) is 112 cm³/mol. The first-order chi connectivity index (χ1) is 13.3. The van der Waals surface area contributed by atoms with Crippen molar-refractivity contribution in [1.82, 2.24) is 4.90 Å². The molecule has 1 N–H and O–H groups in total. The number of fused-ring (bicyclic) bond motifs is 1. The summed E-state index contributed by atoms with van der Waals surface area (Å²) in [5.74, 6) is 0.946. The first-order valence-corrected chi connectivity index (χ1v) is 9.69. The molecule has 0 unspecified atom stereocenters. The van der Waals surface area contributed by atoms with E-state index in [0.717, 1.165) is 72.9 Å². The number of anilines is 1. The maximum Gasteiger partial charge on any atom is 0.107 e. The van der Waals surface area contributed by atoms with E-state index in [1.807, 2.05) is 48.5 Å². The van der Waals surface area contributed by atoms with E-state index in [1.54, 1.807) is 0 Å². The Morgan fingerprint density at radius 2 is 1.85 bits per heavy atom. The van der Waals surface area contributed by atoms with Gasteiger partial charge in [-0.3, -0.25) is 14.9 Å². The second kappa shape index (κ2) is 8.65. The Labute approximate surface area is 164 Å². The summed E-state index contributed by atoms with van der Waals surface area (Å²) in [6.07, 6.45) is 0.666. The molecule has 6 heteroatoms. The normalized spacial score (nSPS) is 19.1. The molecule has 1 saturated heterocycles. The zero-order valence-corrected chi connectivity index (χ0v) is 16.0. The van der Waals surface area contributed by atoms with Crippen LogP contribution in [-0.4, -0.2) is 55.8 Å². The van der Waals surface area contributed by atoms with Gasteiger partial charge >= 0.3 is 0 Å². The fraction of sp³-hybridized carbons (Fsp3) is 0.333. The highest BCUT2D eigenvalue weighted by atomic mass is 35.5. The van der Waals surface area contributed by atoms with Crippen molar-refractivity contribution in [1.29, 1.82) is 0 Å². The van der Waals surface area contributed by atoms with Crippen molar-refractivity contribution in [3.63, 3.8) is 0 Å². The lowest BCUT2D eigenvalue weighted by molar-refractivity contribution is 0.0394. The first-order valence-electron chi connectivity index (χ1n) is 9.31. The molecule has 140 valence electrons. The predicted octanol–water partition coefficient (Wildman–Crippen LogP) is 4.01. The van der Waals surface area contributed by atoms with Crippen molar-refractivity contribution in [2.75, 3.05) is 44.7 Å². The minimum atomic E-state index is 0.666. The lowest BCUT2D eigenvalue weighted by atomic mass is 10.1. The number of nitrogens with one attached hydrogen (secondary N) is 1. The van der Waals surface area contributed by atoms with Crippen LogP contribution in [-0.2, 0) is 4.74 Å². The third-order valence-corrected chi connectivity index (χ3v) is 5.03. The summed E-state index contributed by atoms with van der Waals surface area (Å²) in [6.45, 7) is 5.31. The van der Waals surface area contributed by atoms with Gasteiger partial charge in [0.2, 0.25) is 0 Å². The van der Waals surface area contributed by atoms with Crippen LogP contribution in [0.25, 0.3) is 0 Å². The molecule has 0 amide bonds. The lowest BCUT2D eigenvalue weighted by Gasteiger charge is -2.25. The van der Waals surface area contributed by atoms with E-state index in [0.29, 0.717) is 6.42 Å². The fourth-order valence-corrected chi connectivity index (χ4v) is 3.40. The lowest BCUT2D eigenvalue weighted by Crippen LogP contribution is -2.38. The van der Waals surface area contributed by atoms with Crippen molar-refractivity contribution in [2.24, 2.45) is 9.98 Å². The van der Waals surface area contributed by atoms with Gasteiger partial charge in [0.15, 0.2) is 0 Å². The molecule has 0 bridgehead atoms. The number of para-hydroxylation sites is 2. The quantitative estimate of drug-likeness (QED) is 0.869. The molecule has 1 fully saturated rings. The van der Waals surface area contributed by atoms with E-state index in [4.69, 9.17) is 26.3 Å². The Balaban J connectivity index is 1.55. The van der Waals surface area contributed by atoms with Crippen LogP contribution in [0, 0.1) is 0 Å². The minimum absolute atomic E-state index is 0.666. The monoisotopic (exact) mass is 382 g/mol. The van der Waals surface area contributed by atoms with Crippen LogP contribution in [0.1, 0.15) is 12.0 Å². The molecule has 0 atom stereocenters. The summed E-state index contributed by atoms with van der Waals surface area (Å²) >= 11 is 6.05. The van der Waals surface area contributed by atoms with E-state index in [2.05, 4.69) is 10.2 Å². The molecule has 0 aromatic heterocycles. The molecule has 0 aliphatic carbocycles. The molecule has 2 aromatic rings. The number of aliphatic imine (C=N–C) groups is 2. The number of ether oxygens (including phenoxy) is 1. The van der Waals surface area contributed by atoms with Crippen LogP contribution >= 0.6 is 11.6 Å². The Kier molecular flexibility index (Phi) is 5.82. The molecule has 2 aromatic carbocycles. The van der Waals surface area contributed by atoms with Crippen LogP contribution in [0.4, 0.5) is 11.4 Å². The Hall–Kier alpha value is -2.21. The van der Waals surface area contributed by atoms with E-state index in [-0.39, 0.29) is 0 Å². The van der Waals surface area contributed by atoms with Gasteiger partial charge in [-0.1, -0.05) is 35.9 Å². The van der Waals surface area contributed by atoms with Crippen molar-refractivity contribution < 1.29 is 4.74 Å². The highest BCUT2D eigenvalue weighted by Crippen LogP contribution is 2.29. The molecule has 2 aliphatic rings. The van der Waals surface area contributed by atoms with Gasteiger partial charge in [-0.15, -0.1) is 0 Å². The second-order valence-electron chi connectivity index (χ2n) is 6.67. The fourth-order valence-electron chi connectivity index (χ4n) is 3.28. The average molecular weight is 383 g/mol. The summed E-state index contributed by atoms with van der Waals surface area (Å²) in [5, 5.41) is 4.20. The van der Waals surface area contributed by atoms with Crippen molar-refractivity contribution in [3.8, 4) is 0 Å². The van der Waals surface area contributed by atoms with Crippen molar-refractivity contribution in [3.05, 3.63) is 59.1 Å². The number of benzene rings is 2. The van der Waals surface area contributed by atoms with Gasteiger partial charge < -0.3 is 10.1 Å². The number of hydrogen-bond donors (Lipinski definition) is 1. The molecule has 0 saturated carbocycles. The molecule has 27 heavy (non-hydrogen) atoms. The van der Waals surface area contributed by atoms with Gasteiger partial charge in [-0.2, -0.15) is 0 Å². The number of hydrogen-bond acceptors (Lipinski definition) is 4. The van der Waals surface area contributed by atoms with Crippen molar-refractivity contribution in [2.45, 2.75) is 6.42 Å². The maximum atomic E-state index is 6.05. The third kappa shape index (κ3) is 4.75. The highest BCUT2D eigenvalue weighted by molar-refractivity contribution is 6.30. The summed E-state index contributed by atoms with van der Waals surface area (Å²) in [4.78, 5) is 12.1. The van der Waals surface area contributed by atoms with Crippen molar-refractivity contribution >= 4 is 34.5 Å². The number of rotatable bonds is 4. The van der Waals surface area contributed by atoms with Crippen LogP contribution in [0.2, 0.25) is 5.02 Å². The molecule has 5 nitrogen and oxygen atoms in total. The largest absolute Gasteiger partial charge is 0.379 e. The van der Waals surface area contributed by atoms with Gasteiger partial charge in [0.1, 0.15) is 5.84 Å². The Bertz CT molecular complexity index is 842. The summed E-state index contributed by atoms with van der Waals surface area (Å²) < 4.78 is 5.41. The van der Waals surface area contributed by atoms with Gasteiger partial charge in [-0.05, 0) is 29.8 Å². The molecule has 2 heterocycles. The number of halogens is 1. The first kappa shape index (κ1) is 18.2. The van der Waals surface area contributed by atoms with Crippen LogP contribution in [0.15, 0.2) is 58.5 Å². The van der Waals surface area contributed by atoms with E-state index < -0.39 is 0 Å². The number of nitrogens with zero attached hydrogens (tertiary/aromatic N) is 3. The topological polar surface area (TPSA) is 49.2 Å². The summed E-state index contributed by atoms with van der Waals surface area (Å²) in [7, 11) is 0. The average Bonchev–Trinajstić information content (AvgIpc) is 2.88. The molecule has 2 aliphatic heterocycles. The van der Waals surface area contributed by atoms with E-state index in [1.165, 1.54) is 0 Å². The Morgan fingerprint density at radius 3 is 2.67 bits per heavy atom. The molecule has 0 radical (unpaired) electrons. The summed E-state index contributed by atoms with van der Waals surface area (Å²) in [6, 6.07) is 15.9. The standard InChI is InChI=1S/C21H23ClN4O/c22-17-7-5-16(6-8-17)20-15-21(23-9-10-26-11-13-27-14-12-26)25-19-4-2-1-3-18(19)24-20/h1-8H,9-15H2,(H,23,25). The van der Waals surface area contributed by atoms with Gasteiger partial charge in [-0.25, -0.2) is 0 Å². The zero-order valence-electron chi connectivity index (χ0n) is 15.2. The summed E-state index contributed by atoms with van der Waals surface area (Å²) in [5.41, 5.74) is 3.99. The maximum absolute atomic E-state index is 6.05. The molecule has 0 spiro atoms.